The normalized spacial score (nSPS) is 11.5. The lowest BCUT2D eigenvalue weighted by molar-refractivity contribution is 0.953. The van der Waals surface area contributed by atoms with Gasteiger partial charge >= 0.3 is 0 Å². The molecule has 0 saturated heterocycles. The van der Waals surface area contributed by atoms with Crippen molar-refractivity contribution in [3.8, 4) is 159 Å². The Morgan fingerprint density at radius 3 is 0.706 bits per heavy atom. The van der Waals surface area contributed by atoms with E-state index in [9.17, 15) is 0 Å². The lowest BCUT2D eigenvalue weighted by Crippen LogP contribution is -2.06. The molecule has 0 aliphatic rings. The second-order valence-corrected chi connectivity index (χ2v) is 33.6. The van der Waals surface area contributed by atoms with Crippen molar-refractivity contribution in [2.24, 2.45) is 0 Å². The van der Waals surface area contributed by atoms with Crippen LogP contribution in [0.1, 0.15) is 0 Å². The summed E-state index contributed by atoms with van der Waals surface area (Å²) >= 11 is 0. The summed E-state index contributed by atoms with van der Waals surface area (Å²) in [7, 11) is 0. The number of fused-ring (bicyclic) bond motifs is 12. The molecule has 0 spiro atoms. The Morgan fingerprint density at radius 1 is 0.132 bits per heavy atom. The third-order valence-electron chi connectivity index (χ3n) is 25.4. The van der Waals surface area contributed by atoms with Gasteiger partial charge in [0.05, 0.1) is 55.5 Å². The van der Waals surface area contributed by atoms with Gasteiger partial charge in [0.15, 0.2) is 46.6 Å². The highest BCUT2D eigenvalue weighted by molar-refractivity contribution is 6.19. The van der Waals surface area contributed by atoms with Gasteiger partial charge in [0, 0.05) is 110 Å². The highest BCUT2D eigenvalue weighted by Gasteiger charge is 2.26. The van der Waals surface area contributed by atoms with Crippen molar-refractivity contribution in [3.05, 3.63) is 467 Å². The first-order valence-electron chi connectivity index (χ1n) is 45.4. The molecule has 26 aromatic rings. The van der Waals surface area contributed by atoms with Gasteiger partial charge in [-0.15, -0.1) is 0 Å². The molecular formula is C121H77N15. The summed E-state index contributed by atoms with van der Waals surface area (Å²) in [4.78, 5) is 56.0. The van der Waals surface area contributed by atoms with Crippen molar-refractivity contribution < 1.29 is 0 Å². The Hall–Kier alpha value is -18.7. The predicted molar refractivity (Wildman–Crippen MR) is 551 cm³/mol. The minimum atomic E-state index is 0.564. The maximum Gasteiger partial charge on any atom is 0.238 e. The van der Waals surface area contributed by atoms with Crippen LogP contribution in [0.3, 0.4) is 0 Å². The van der Waals surface area contributed by atoms with Gasteiger partial charge < -0.3 is 9.13 Å². The maximum atomic E-state index is 5.17. The molecule has 26 rings (SSSR count). The van der Waals surface area contributed by atoms with Crippen LogP contribution in [-0.2, 0) is 0 Å². The van der Waals surface area contributed by atoms with Crippen LogP contribution >= 0.6 is 0 Å². The Balaban J connectivity index is 0.000000145. The molecule has 0 aliphatic carbocycles. The summed E-state index contributed by atoms with van der Waals surface area (Å²) in [5, 5.41) is 9.15. The van der Waals surface area contributed by atoms with E-state index >= 15 is 0 Å². The molecule has 8 heterocycles. The van der Waals surface area contributed by atoms with Crippen LogP contribution in [0.25, 0.3) is 246 Å². The summed E-state index contributed by atoms with van der Waals surface area (Å²) in [6.45, 7) is 0. The SMILES string of the molecule is c1ccc(-c2cc(-c3ccccc3)nc(-c3cccc(-n4c5ccccc5c5c(-c6ccc7c(c6)c6ccccc6n7-c6nc(-c7ccccc7)nc(-c7ccccc7)n6)cccc54)c3)n2)cc1.c1ccc(-c2nc(-c3ccccc3)nc(-c3cccc(-n4c5ccccc5c5c(-c6ccc7c(c6)c6ccccc6n7-c6nc(-c7ccccc7)nc(-c7ccccc7)n6)cccc54)c3)n2)cc1. The number of benzene rings is 18. The Morgan fingerprint density at radius 2 is 0.375 bits per heavy atom. The molecule has 15 heteroatoms. The Kier molecular flexibility index (Phi) is 19.8. The quantitative estimate of drug-likeness (QED) is 0.0905. The van der Waals surface area contributed by atoms with Crippen LogP contribution in [0, 0.1) is 0 Å². The van der Waals surface area contributed by atoms with E-state index in [0.717, 1.165) is 172 Å². The molecule has 0 atom stereocenters. The maximum absolute atomic E-state index is 5.17. The van der Waals surface area contributed by atoms with Crippen molar-refractivity contribution in [1.29, 1.82) is 0 Å². The van der Waals surface area contributed by atoms with Gasteiger partial charge in [0.1, 0.15) is 0 Å². The second-order valence-electron chi connectivity index (χ2n) is 33.6. The molecule has 636 valence electrons. The molecule has 0 unspecified atom stereocenters. The molecule has 0 fully saturated rings. The Bertz CT molecular complexity index is 8320. The monoisotopic (exact) mass is 1740 g/mol. The Labute approximate surface area is 781 Å². The van der Waals surface area contributed by atoms with E-state index in [1.165, 1.54) is 16.2 Å². The van der Waals surface area contributed by atoms with Crippen molar-refractivity contribution in [2.45, 2.75) is 0 Å². The largest absolute Gasteiger partial charge is 0.309 e. The van der Waals surface area contributed by atoms with Gasteiger partial charge in [-0.05, 0) is 113 Å². The number of aromatic nitrogens is 15. The zero-order chi connectivity index (χ0) is 89.9. The fourth-order valence-electron chi connectivity index (χ4n) is 19.2. The summed E-state index contributed by atoms with van der Waals surface area (Å²) in [5.41, 5.74) is 26.3. The molecule has 15 nitrogen and oxygen atoms in total. The van der Waals surface area contributed by atoms with E-state index < -0.39 is 0 Å². The standard InChI is InChI=1S/C61H39N7.C60H38N8/c1-5-19-40(20-6-1)51-39-52(41-21-7-2-8-22-41)63-60(62-51)45-27-17-28-46(37-45)67-54-33-16-14-30-49(54)57-47(31-18-34-56(57)67)44-35-36-55-50(38-44)48-29-13-15-32-53(48)68(55)61-65-58(42-23-9-3-10-24-42)64-59(66-61)43-25-11-4-12-26-43;1-5-19-39(20-6-1)55-61-56(40-21-7-2-8-22-40)63-59(62-55)44-27-17-28-45(37-44)67-51-33-16-14-30-48(51)54-46(31-18-34-53(54)67)43-35-36-52-49(38-43)47-29-13-15-32-50(47)68(52)60-65-57(41-23-9-3-10-24-41)64-58(66-60)42-25-11-4-12-26-42/h1-39H;1-38H. The predicted octanol–water partition coefficient (Wildman–Crippen LogP) is 29.1. The molecule has 8 aromatic heterocycles. The number of nitrogens with zero attached hydrogens (tertiary/aromatic N) is 15. The van der Waals surface area contributed by atoms with Gasteiger partial charge in [-0.2, -0.15) is 19.9 Å². The van der Waals surface area contributed by atoms with Crippen molar-refractivity contribution >= 4 is 87.2 Å². The smallest absolute Gasteiger partial charge is 0.238 e. The minimum Gasteiger partial charge on any atom is -0.309 e. The average Bonchev–Trinajstić information content (AvgIpc) is 1.55. The van der Waals surface area contributed by atoms with E-state index in [1.807, 2.05) is 218 Å². The van der Waals surface area contributed by atoms with Gasteiger partial charge in [0.25, 0.3) is 0 Å². The van der Waals surface area contributed by atoms with Crippen LogP contribution in [-0.4, -0.2) is 73.1 Å². The van der Waals surface area contributed by atoms with Gasteiger partial charge in [0.2, 0.25) is 11.9 Å². The first kappa shape index (κ1) is 79.4. The van der Waals surface area contributed by atoms with Crippen molar-refractivity contribution in [3.63, 3.8) is 0 Å². The minimum absolute atomic E-state index is 0.564. The fourth-order valence-corrected chi connectivity index (χ4v) is 19.2. The highest BCUT2D eigenvalue weighted by atomic mass is 15.2. The molecule has 136 heavy (non-hydrogen) atoms. The molecule has 0 N–H and O–H groups in total. The fraction of sp³-hybridized carbons (Fsp3) is 0. The van der Waals surface area contributed by atoms with Crippen LogP contribution in [0.5, 0.6) is 0 Å². The topological polar surface area (TPSA) is 162 Å². The summed E-state index contributed by atoms with van der Waals surface area (Å²) in [6, 6.07) is 162. The lowest BCUT2D eigenvalue weighted by atomic mass is 9.98. The number of rotatable bonds is 16. The van der Waals surface area contributed by atoms with Crippen molar-refractivity contribution in [1.82, 2.24) is 73.1 Å². The summed E-state index contributed by atoms with van der Waals surface area (Å²) in [6.07, 6.45) is 0. The lowest BCUT2D eigenvalue weighted by Gasteiger charge is -2.12. The molecule has 0 radical (unpaired) electrons. The van der Waals surface area contributed by atoms with Crippen LogP contribution < -0.4 is 0 Å². The molecule has 0 aliphatic heterocycles. The second kappa shape index (κ2) is 34.0. The molecular weight excluding hydrogens is 1660 g/mol. The van der Waals surface area contributed by atoms with Crippen LogP contribution in [0.15, 0.2) is 467 Å². The first-order valence-corrected chi connectivity index (χ1v) is 45.4. The van der Waals surface area contributed by atoms with Gasteiger partial charge in [-0.25, -0.2) is 34.9 Å². The molecule has 0 amide bonds. The highest BCUT2D eigenvalue weighted by Crippen LogP contribution is 2.46. The van der Waals surface area contributed by atoms with Gasteiger partial charge in [-0.1, -0.05) is 376 Å². The third-order valence-corrected chi connectivity index (χ3v) is 25.4. The zero-order valence-corrected chi connectivity index (χ0v) is 73.2. The zero-order valence-electron chi connectivity index (χ0n) is 73.2. The average molecular weight is 1740 g/mol. The van der Waals surface area contributed by atoms with E-state index in [0.29, 0.717) is 58.5 Å². The number of hydrogen-bond acceptors (Lipinski definition) is 11. The van der Waals surface area contributed by atoms with E-state index in [1.54, 1.807) is 0 Å². The van der Waals surface area contributed by atoms with Crippen molar-refractivity contribution in [2.75, 3.05) is 0 Å². The number of hydrogen-bond donors (Lipinski definition) is 0. The van der Waals surface area contributed by atoms with E-state index in [4.69, 9.17) is 54.8 Å². The summed E-state index contributed by atoms with van der Waals surface area (Å²) < 4.78 is 9.08. The number of para-hydroxylation sites is 4. The molecule has 0 bridgehead atoms. The summed E-state index contributed by atoms with van der Waals surface area (Å²) in [5.74, 6) is 6.15. The van der Waals surface area contributed by atoms with Crippen LogP contribution in [0.2, 0.25) is 0 Å². The van der Waals surface area contributed by atoms with Gasteiger partial charge in [-0.3, -0.25) is 9.13 Å². The van der Waals surface area contributed by atoms with E-state index in [-0.39, 0.29) is 0 Å². The van der Waals surface area contributed by atoms with Crippen LogP contribution in [0.4, 0.5) is 0 Å². The molecule has 0 saturated carbocycles. The van der Waals surface area contributed by atoms with E-state index in [2.05, 4.69) is 267 Å². The molecule has 18 aromatic carbocycles. The first-order chi connectivity index (χ1) is 67.4. The third kappa shape index (κ3) is 14.4.